The zero-order valence-corrected chi connectivity index (χ0v) is 12.3. The minimum atomic E-state index is -1.04. The van der Waals surface area contributed by atoms with Crippen molar-refractivity contribution >= 4 is 17.7 Å². The molecular formula is C16H22N2O3. The van der Waals surface area contributed by atoms with Gasteiger partial charge in [-0.25, -0.2) is 9.59 Å². The number of aryl methyl sites for hydroxylation is 1. The molecule has 21 heavy (non-hydrogen) atoms. The molecule has 0 radical (unpaired) electrons. The Hall–Kier alpha value is -2.04. The molecular weight excluding hydrogens is 268 g/mol. The lowest BCUT2D eigenvalue weighted by Crippen LogP contribution is -2.34. The van der Waals surface area contributed by atoms with Gasteiger partial charge in [0, 0.05) is 6.54 Å². The first kappa shape index (κ1) is 15.4. The van der Waals surface area contributed by atoms with Crippen LogP contribution in [0.4, 0.5) is 10.5 Å². The van der Waals surface area contributed by atoms with Crippen LogP contribution in [-0.4, -0.2) is 23.7 Å². The van der Waals surface area contributed by atoms with E-state index in [0.29, 0.717) is 18.2 Å². The smallest absolute Gasteiger partial charge is 0.337 e. The third kappa shape index (κ3) is 4.48. The molecule has 0 heterocycles. The van der Waals surface area contributed by atoms with Crippen LogP contribution in [0.15, 0.2) is 18.2 Å². The SMILES string of the molecule is Cc1ccc(NC(=O)NCC2CCCCC2)c(C(=O)O)c1. The van der Waals surface area contributed by atoms with Crippen LogP contribution in [0.3, 0.4) is 0 Å². The molecule has 1 fully saturated rings. The molecule has 0 unspecified atom stereocenters. The first-order chi connectivity index (χ1) is 10.1. The summed E-state index contributed by atoms with van der Waals surface area (Å²) in [7, 11) is 0. The number of amides is 2. The highest BCUT2D eigenvalue weighted by Gasteiger charge is 2.16. The van der Waals surface area contributed by atoms with E-state index in [2.05, 4.69) is 10.6 Å². The molecule has 5 nitrogen and oxygen atoms in total. The second-order valence-electron chi connectivity index (χ2n) is 5.69. The summed E-state index contributed by atoms with van der Waals surface area (Å²) < 4.78 is 0. The van der Waals surface area contributed by atoms with Crippen molar-refractivity contribution in [2.45, 2.75) is 39.0 Å². The fourth-order valence-electron chi connectivity index (χ4n) is 2.74. The van der Waals surface area contributed by atoms with E-state index >= 15 is 0 Å². The number of carbonyl (C=O) groups is 2. The Morgan fingerprint density at radius 3 is 2.62 bits per heavy atom. The van der Waals surface area contributed by atoms with Gasteiger partial charge < -0.3 is 15.7 Å². The molecule has 1 aromatic rings. The van der Waals surface area contributed by atoms with E-state index in [1.807, 2.05) is 6.92 Å². The molecule has 1 aliphatic rings. The minimum absolute atomic E-state index is 0.114. The predicted octanol–water partition coefficient (Wildman–Crippen LogP) is 3.40. The highest BCUT2D eigenvalue weighted by atomic mass is 16.4. The average molecular weight is 290 g/mol. The van der Waals surface area contributed by atoms with Crippen molar-refractivity contribution in [2.24, 2.45) is 5.92 Å². The van der Waals surface area contributed by atoms with E-state index in [9.17, 15) is 9.59 Å². The number of carbonyl (C=O) groups excluding carboxylic acids is 1. The van der Waals surface area contributed by atoms with Gasteiger partial charge in [0.05, 0.1) is 11.3 Å². The number of urea groups is 1. The van der Waals surface area contributed by atoms with Gasteiger partial charge in [-0.15, -0.1) is 0 Å². The van der Waals surface area contributed by atoms with Gasteiger partial charge in [0.15, 0.2) is 0 Å². The Labute approximate surface area is 124 Å². The molecule has 1 saturated carbocycles. The predicted molar refractivity (Wildman–Crippen MR) is 81.7 cm³/mol. The Morgan fingerprint density at radius 1 is 1.24 bits per heavy atom. The van der Waals surface area contributed by atoms with Crippen LogP contribution in [0.25, 0.3) is 0 Å². The largest absolute Gasteiger partial charge is 0.478 e. The summed E-state index contributed by atoms with van der Waals surface area (Å²) >= 11 is 0. The number of nitrogens with one attached hydrogen (secondary N) is 2. The van der Waals surface area contributed by atoms with E-state index in [0.717, 1.165) is 18.4 Å². The molecule has 1 aliphatic carbocycles. The van der Waals surface area contributed by atoms with Gasteiger partial charge in [-0.05, 0) is 37.8 Å². The summed E-state index contributed by atoms with van der Waals surface area (Å²) in [6.45, 7) is 2.47. The van der Waals surface area contributed by atoms with Crippen molar-refractivity contribution in [1.82, 2.24) is 5.32 Å². The molecule has 0 aromatic heterocycles. The summed E-state index contributed by atoms with van der Waals surface area (Å²) in [6.07, 6.45) is 6.06. The summed E-state index contributed by atoms with van der Waals surface area (Å²) in [5.41, 5.74) is 1.29. The number of carboxylic acid groups (broad SMARTS) is 1. The number of aromatic carboxylic acids is 1. The zero-order chi connectivity index (χ0) is 15.2. The quantitative estimate of drug-likeness (QED) is 0.795. The fourth-order valence-corrected chi connectivity index (χ4v) is 2.74. The first-order valence-electron chi connectivity index (χ1n) is 7.45. The number of hydrogen-bond acceptors (Lipinski definition) is 2. The Morgan fingerprint density at radius 2 is 1.95 bits per heavy atom. The van der Waals surface area contributed by atoms with Gasteiger partial charge in [0.1, 0.15) is 0 Å². The lowest BCUT2D eigenvalue weighted by Gasteiger charge is -2.21. The van der Waals surface area contributed by atoms with E-state index in [1.165, 1.54) is 19.3 Å². The monoisotopic (exact) mass is 290 g/mol. The van der Waals surface area contributed by atoms with Gasteiger partial charge in [0.2, 0.25) is 0 Å². The summed E-state index contributed by atoms with van der Waals surface area (Å²) in [6, 6.07) is 4.62. The van der Waals surface area contributed by atoms with Crippen LogP contribution in [0, 0.1) is 12.8 Å². The first-order valence-corrected chi connectivity index (χ1v) is 7.45. The standard InChI is InChI=1S/C16H22N2O3/c1-11-7-8-14(13(9-11)15(19)20)18-16(21)17-10-12-5-3-2-4-6-12/h7-9,12H,2-6,10H2,1H3,(H,19,20)(H2,17,18,21). The number of anilines is 1. The molecule has 0 atom stereocenters. The molecule has 2 rings (SSSR count). The van der Waals surface area contributed by atoms with Crippen molar-refractivity contribution in [3.05, 3.63) is 29.3 Å². The van der Waals surface area contributed by atoms with E-state index < -0.39 is 5.97 Å². The maximum absolute atomic E-state index is 11.9. The lowest BCUT2D eigenvalue weighted by molar-refractivity contribution is 0.0698. The van der Waals surface area contributed by atoms with Crippen molar-refractivity contribution in [2.75, 3.05) is 11.9 Å². The lowest BCUT2D eigenvalue weighted by atomic mass is 9.89. The van der Waals surface area contributed by atoms with Gasteiger partial charge in [0.25, 0.3) is 0 Å². The van der Waals surface area contributed by atoms with Gasteiger partial charge in [-0.3, -0.25) is 0 Å². The van der Waals surface area contributed by atoms with Crippen LogP contribution in [0.2, 0.25) is 0 Å². The van der Waals surface area contributed by atoms with Crippen LogP contribution in [-0.2, 0) is 0 Å². The van der Waals surface area contributed by atoms with Crippen molar-refractivity contribution in [3.8, 4) is 0 Å². The third-order valence-electron chi connectivity index (χ3n) is 3.93. The Kier molecular flexibility index (Phi) is 5.20. The van der Waals surface area contributed by atoms with E-state index in [1.54, 1.807) is 18.2 Å². The van der Waals surface area contributed by atoms with Crippen molar-refractivity contribution < 1.29 is 14.7 Å². The molecule has 2 amide bonds. The number of benzene rings is 1. The molecule has 0 aliphatic heterocycles. The summed E-state index contributed by atoms with van der Waals surface area (Å²) in [5, 5.41) is 14.6. The van der Waals surface area contributed by atoms with Crippen molar-refractivity contribution in [1.29, 1.82) is 0 Å². The molecule has 5 heteroatoms. The van der Waals surface area contributed by atoms with Crippen molar-refractivity contribution in [3.63, 3.8) is 0 Å². The second-order valence-corrected chi connectivity index (χ2v) is 5.69. The normalized spacial score (nSPS) is 15.5. The molecule has 114 valence electrons. The third-order valence-corrected chi connectivity index (χ3v) is 3.93. The highest BCUT2D eigenvalue weighted by molar-refractivity contribution is 6.00. The Bertz CT molecular complexity index is 522. The highest BCUT2D eigenvalue weighted by Crippen LogP contribution is 2.23. The van der Waals surface area contributed by atoms with Gasteiger partial charge >= 0.3 is 12.0 Å². The summed E-state index contributed by atoms with van der Waals surface area (Å²) in [4.78, 5) is 23.1. The van der Waals surface area contributed by atoms with Crippen LogP contribution in [0.5, 0.6) is 0 Å². The topological polar surface area (TPSA) is 78.4 Å². The molecule has 1 aromatic carbocycles. The number of hydrogen-bond donors (Lipinski definition) is 3. The summed E-state index contributed by atoms with van der Waals surface area (Å²) in [5.74, 6) is -0.497. The zero-order valence-electron chi connectivity index (χ0n) is 12.3. The van der Waals surface area contributed by atoms with E-state index in [-0.39, 0.29) is 11.6 Å². The van der Waals surface area contributed by atoms with Crippen LogP contribution < -0.4 is 10.6 Å². The second kappa shape index (κ2) is 7.11. The maximum Gasteiger partial charge on any atom is 0.337 e. The number of rotatable bonds is 4. The van der Waals surface area contributed by atoms with Gasteiger partial charge in [-0.1, -0.05) is 30.9 Å². The van der Waals surface area contributed by atoms with Crippen LogP contribution in [0.1, 0.15) is 48.0 Å². The van der Waals surface area contributed by atoms with Crippen LogP contribution >= 0.6 is 0 Å². The fraction of sp³-hybridized carbons (Fsp3) is 0.500. The van der Waals surface area contributed by atoms with Gasteiger partial charge in [-0.2, -0.15) is 0 Å². The maximum atomic E-state index is 11.9. The molecule has 3 N–H and O–H groups in total. The Balaban J connectivity index is 1.91. The molecule has 0 spiro atoms. The molecule has 0 bridgehead atoms. The molecule has 0 saturated heterocycles. The minimum Gasteiger partial charge on any atom is -0.478 e. The van der Waals surface area contributed by atoms with E-state index in [4.69, 9.17) is 5.11 Å². The number of carboxylic acids is 1. The average Bonchev–Trinajstić information content (AvgIpc) is 2.48.